The molecule has 31 heavy (non-hydrogen) atoms. The van der Waals surface area contributed by atoms with Gasteiger partial charge in [-0.1, -0.05) is 71.4 Å². The first-order valence-electron chi connectivity index (χ1n) is 9.35. The molecule has 0 unspecified atom stereocenters. The highest BCUT2D eigenvalue weighted by molar-refractivity contribution is 7.99. The summed E-state index contributed by atoms with van der Waals surface area (Å²) in [6, 6.07) is 18.6. The molecule has 4 rings (SSSR count). The van der Waals surface area contributed by atoms with Gasteiger partial charge in [0.15, 0.2) is 6.10 Å². The molecule has 9 heteroatoms. The molecule has 0 saturated heterocycles. The number of hydrogen-bond donors (Lipinski definition) is 1. The van der Waals surface area contributed by atoms with Gasteiger partial charge in [0.1, 0.15) is 5.75 Å². The van der Waals surface area contributed by atoms with E-state index >= 15 is 0 Å². The van der Waals surface area contributed by atoms with Crippen LogP contribution in [0.25, 0.3) is 10.8 Å². The second-order valence-electron chi connectivity index (χ2n) is 6.60. The Bertz CT molecular complexity index is 1230. The molecule has 0 bridgehead atoms. The SMILES string of the molecule is C[C@H](Oc1ccc(Cl)cc1Cl)c1nnc(SCC(=O)Nc2cccc3ccccc23)o1. The Morgan fingerprint density at radius 2 is 1.94 bits per heavy atom. The van der Waals surface area contributed by atoms with Crippen molar-refractivity contribution in [2.45, 2.75) is 18.3 Å². The van der Waals surface area contributed by atoms with Gasteiger partial charge in [-0.15, -0.1) is 10.2 Å². The van der Waals surface area contributed by atoms with Crippen LogP contribution in [0.5, 0.6) is 5.75 Å². The van der Waals surface area contributed by atoms with Crippen molar-refractivity contribution in [3.8, 4) is 5.75 Å². The van der Waals surface area contributed by atoms with E-state index in [1.807, 2.05) is 42.5 Å². The van der Waals surface area contributed by atoms with Gasteiger partial charge < -0.3 is 14.5 Å². The van der Waals surface area contributed by atoms with Crippen LogP contribution in [0, 0.1) is 0 Å². The van der Waals surface area contributed by atoms with E-state index in [1.165, 1.54) is 0 Å². The molecule has 1 amide bonds. The molecule has 0 radical (unpaired) electrons. The van der Waals surface area contributed by atoms with E-state index in [-0.39, 0.29) is 22.8 Å². The Labute approximate surface area is 192 Å². The minimum atomic E-state index is -0.523. The summed E-state index contributed by atoms with van der Waals surface area (Å²) in [6.45, 7) is 1.76. The molecule has 158 valence electrons. The zero-order valence-corrected chi connectivity index (χ0v) is 18.7. The second kappa shape index (κ2) is 9.60. The average molecular weight is 474 g/mol. The summed E-state index contributed by atoms with van der Waals surface area (Å²) in [5, 5.41) is 14.1. The van der Waals surface area contributed by atoms with E-state index in [0.29, 0.717) is 15.8 Å². The molecular weight excluding hydrogens is 457 g/mol. The van der Waals surface area contributed by atoms with Crippen LogP contribution >= 0.6 is 35.0 Å². The molecule has 0 aliphatic heterocycles. The first-order valence-corrected chi connectivity index (χ1v) is 11.1. The van der Waals surface area contributed by atoms with E-state index in [2.05, 4.69) is 15.5 Å². The van der Waals surface area contributed by atoms with Crippen LogP contribution in [-0.4, -0.2) is 21.9 Å². The third-order valence-corrected chi connectivity index (χ3v) is 5.71. The highest BCUT2D eigenvalue weighted by Crippen LogP contribution is 2.31. The number of thioether (sulfide) groups is 1. The molecule has 1 aromatic heterocycles. The Morgan fingerprint density at radius 1 is 1.13 bits per heavy atom. The molecule has 3 aromatic carbocycles. The van der Waals surface area contributed by atoms with Crippen molar-refractivity contribution in [2.75, 3.05) is 11.1 Å². The number of benzene rings is 3. The number of nitrogens with one attached hydrogen (secondary N) is 1. The molecule has 1 N–H and O–H groups in total. The summed E-state index contributed by atoms with van der Waals surface area (Å²) in [5.74, 6) is 0.699. The first-order chi connectivity index (χ1) is 15.0. The number of carbonyl (C=O) groups is 1. The largest absolute Gasteiger partial charge is 0.479 e. The van der Waals surface area contributed by atoms with E-state index in [4.69, 9.17) is 32.4 Å². The van der Waals surface area contributed by atoms with Gasteiger partial charge in [0, 0.05) is 16.1 Å². The Hall–Kier alpha value is -2.74. The molecular formula is C22H17Cl2N3O3S. The summed E-state index contributed by atoms with van der Waals surface area (Å²) in [6.07, 6.45) is -0.523. The lowest BCUT2D eigenvalue weighted by atomic mass is 10.1. The van der Waals surface area contributed by atoms with Crippen molar-refractivity contribution in [3.63, 3.8) is 0 Å². The van der Waals surface area contributed by atoms with Crippen LogP contribution in [0.15, 0.2) is 70.3 Å². The lowest BCUT2D eigenvalue weighted by Crippen LogP contribution is -2.14. The van der Waals surface area contributed by atoms with E-state index in [9.17, 15) is 4.79 Å². The van der Waals surface area contributed by atoms with Crippen LogP contribution in [-0.2, 0) is 4.79 Å². The number of anilines is 1. The van der Waals surface area contributed by atoms with E-state index in [0.717, 1.165) is 28.2 Å². The van der Waals surface area contributed by atoms with Gasteiger partial charge in [-0.3, -0.25) is 4.79 Å². The van der Waals surface area contributed by atoms with Crippen molar-refractivity contribution in [1.29, 1.82) is 0 Å². The molecule has 0 fully saturated rings. The van der Waals surface area contributed by atoms with Gasteiger partial charge in [0.05, 0.1) is 10.8 Å². The topological polar surface area (TPSA) is 77.2 Å². The highest BCUT2D eigenvalue weighted by Gasteiger charge is 2.18. The number of hydrogen-bond acceptors (Lipinski definition) is 6. The maximum Gasteiger partial charge on any atom is 0.277 e. The molecule has 4 aromatic rings. The molecule has 0 spiro atoms. The van der Waals surface area contributed by atoms with Crippen molar-refractivity contribution in [2.24, 2.45) is 0 Å². The maximum atomic E-state index is 12.4. The zero-order chi connectivity index (χ0) is 21.8. The van der Waals surface area contributed by atoms with E-state index in [1.54, 1.807) is 25.1 Å². The quantitative estimate of drug-likeness (QED) is 0.313. The fourth-order valence-corrected chi connectivity index (χ4v) is 3.93. The van der Waals surface area contributed by atoms with Gasteiger partial charge in [-0.2, -0.15) is 0 Å². The standard InChI is InChI=1S/C22H17Cl2N3O3S/c1-13(29-19-10-9-15(23)11-17(19)24)21-26-27-22(30-21)31-12-20(28)25-18-8-4-6-14-5-2-3-7-16(14)18/h2-11,13H,12H2,1H3,(H,25,28)/t13-/m0/s1. The highest BCUT2D eigenvalue weighted by atomic mass is 35.5. The number of rotatable bonds is 7. The molecule has 6 nitrogen and oxygen atoms in total. The van der Waals surface area contributed by atoms with Gasteiger partial charge in [-0.25, -0.2) is 0 Å². The fourth-order valence-electron chi connectivity index (χ4n) is 2.90. The lowest BCUT2D eigenvalue weighted by Gasteiger charge is -2.12. The van der Waals surface area contributed by atoms with Crippen LogP contribution < -0.4 is 10.1 Å². The summed E-state index contributed by atoms with van der Waals surface area (Å²) in [5.41, 5.74) is 0.761. The number of nitrogens with zero attached hydrogens (tertiary/aromatic N) is 2. The summed E-state index contributed by atoms with van der Waals surface area (Å²) < 4.78 is 11.4. The fraction of sp³-hybridized carbons (Fsp3) is 0.136. The minimum Gasteiger partial charge on any atom is -0.479 e. The van der Waals surface area contributed by atoms with Crippen LogP contribution in [0.2, 0.25) is 10.0 Å². The van der Waals surface area contributed by atoms with Crippen LogP contribution in [0.3, 0.4) is 0 Å². The average Bonchev–Trinajstić information content (AvgIpc) is 3.24. The number of carbonyl (C=O) groups excluding carboxylic acids is 1. The van der Waals surface area contributed by atoms with Crippen LogP contribution in [0.1, 0.15) is 18.9 Å². The van der Waals surface area contributed by atoms with Crippen molar-refractivity contribution < 1.29 is 13.9 Å². The summed E-state index contributed by atoms with van der Waals surface area (Å²) in [4.78, 5) is 12.4. The number of aromatic nitrogens is 2. The maximum absolute atomic E-state index is 12.4. The summed E-state index contributed by atoms with van der Waals surface area (Å²) >= 11 is 13.2. The van der Waals surface area contributed by atoms with Gasteiger partial charge in [0.25, 0.3) is 11.1 Å². The van der Waals surface area contributed by atoms with Crippen molar-refractivity contribution in [1.82, 2.24) is 10.2 Å². The number of ether oxygens (including phenoxy) is 1. The predicted octanol–water partition coefficient (Wildman–Crippen LogP) is 6.40. The molecule has 1 atom stereocenters. The molecule has 0 aliphatic carbocycles. The number of fused-ring (bicyclic) bond motifs is 1. The molecule has 0 saturated carbocycles. The normalized spacial score (nSPS) is 12.0. The second-order valence-corrected chi connectivity index (χ2v) is 8.37. The third-order valence-electron chi connectivity index (χ3n) is 4.36. The number of amides is 1. The monoisotopic (exact) mass is 473 g/mol. The number of halogens is 2. The molecule has 0 aliphatic rings. The lowest BCUT2D eigenvalue weighted by molar-refractivity contribution is -0.113. The van der Waals surface area contributed by atoms with Crippen molar-refractivity contribution >= 4 is 57.3 Å². The van der Waals surface area contributed by atoms with Gasteiger partial charge in [0.2, 0.25) is 5.91 Å². The zero-order valence-electron chi connectivity index (χ0n) is 16.3. The van der Waals surface area contributed by atoms with Crippen LogP contribution in [0.4, 0.5) is 5.69 Å². The Kier molecular flexibility index (Phi) is 6.65. The predicted molar refractivity (Wildman–Crippen MR) is 123 cm³/mol. The van der Waals surface area contributed by atoms with Gasteiger partial charge in [-0.05, 0) is 36.6 Å². The minimum absolute atomic E-state index is 0.128. The summed E-state index contributed by atoms with van der Waals surface area (Å²) in [7, 11) is 0. The molecule has 1 heterocycles. The van der Waals surface area contributed by atoms with E-state index < -0.39 is 6.10 Å². The first kappa shape index (κ1) is 21.5. The Morgan fingerprint density at radius 3 is 2.77 bits per heavy atom. The Balaban J connectivity index is 1.35. The van der Waals surface area contributed by atoms with Crippen molar-refractivity contribution in [3.05, 3.63) is 76.6 Å². The van der Waals surface area contributed by atoms with Gasteiger partial charge >= 0.3 is 0 Å². The smallest absolute Gasteiger partial charge is 0.277 e. The third kappa shape index (κ3) is 5.31.